The number of nitrogens with zero attached hydrogens (tertiary/aromatic N) is 3. The Morgan fingerprint density at radius 3 is 2.94 bits per heavy atom. The molecule has 5 heteroatoms. The van der Waals surface area contributed by atoms with Crippen molar-refractivity contribution in [2.24, 2.45) is 5.92 Å². The summed E-state index contributed by atoms with van der Waals surface area (Å²) in [5.74, 6) is 0.672. The molecule has 0 aliphatic carbocycles. The van der Waals surface area contributed by atoms with Gasteiger partial charge < -0.3 is 5.32 Å². The Bertz CT molecular complexity index is 487. The van der Waals surface area contributed by atoms with Gasteiger partial charge in [-0.3, -0.25) is 4.68 Å². The Morgan fingerprint density at radius 1 is 1.44 bits per heavy atom. The molecule has 0 fully saturated rings. The molecule has 0 unspecified atom stereocenters. The summed E-state index contributed by atoms with van der Waals surface area (Å²) in [7, 11) is 0. The van der Waals surface area contributed by atoms with Crippen molar-refractivity contribution >= 4 is 11.3 Å². The summed E-state index contributed by atoms with van der Waals surface area (Å²) in [5, 5.41) is 11.1. The van der Waals surface area contributed by atoms with E-state index < -0.39 is 0 Å². The van der Waals surface area contributed by atoms with Crippen molar-refractivity contribution < 1.29 is 0 Å². The molecular weight excluding hydrogens is 244 g/mol. The number of nitrogens with one attached hydrogen (secondary N) is 1. The highest BCUT2D eigenvalue weighted by atomic mass is 32.1. The van der Waals surface area contributed by atoms with Crippen LogP contribution in [0, 0.1) is 12.8 Å². The van der Waals surface area contributed by atoms with Crippen LogP contribution in [0.15, 0.2) is 17.6 Å². The largest absolute Gasteiger partial charge is 0.311 e. The van der Waals surface area contributed by atoms with E-state index in [2.05, 4.69) is 40.7 Å². The molecule has 2 aromatic heterocycles. The van der Waals surface area contributed by atoms with Crippen LogP contribution >= 0.6 is 11.3 Å². The molecule has 1 N–H and O–H groups in total. The number of aryl methyl sites for hydroxylation is 1. The minimum absolute atomic E-state index is 0.672. The number of aromatic nitrogens is 3. The lowest BCUT2D eigenvalue weighted by Crippen LogP contribution is -2.19. The van der Waals surface area contributed by atoms with Gasteiger partial charge in [-0.15, -0.1) is 11.3 Å². The van der Waals surface area contributed by atoms with Gasteiger partial charge in [0.15, 0.2) is 0 Å². The van der Waals surface area contributed by atoms with Gasteiger partial charge in [0.25, 0.3) is 0 Å². The Labute approximate surface area is 112 Å². The van der Waals surface area contributed by atoms with Crippen LogP contribution in [0.4, 0.5) is 0 Å². The smallest absolute Gasteiger partial charge is 0.114 e. The van der Waals surface area contributed by atoms with E-state index in [9.17, 15) is 0 Å². The maximum absolute atomic E-state index is 4.53. The van der Waals surface area contributed by atoms with E-state index in [-0.39, 0.29) is 0 Å². The van der Waals surface area contributed by atoms with E-state index in [0.29, 0.717) is 5.92 Å². The molecule has 0 aliphatic heterocycles. The molecule has 2 heterocycles. The van der Waals surface area contributed by atoms with E-state index in [1.807, 2.05) is 17.8 Å². The van der Waals surface area contributed by atoms with E-state index in [1.165, 1.54) is 0 Å². The molecule has 18 heavy (non-hydrogen) atoms. The molecule has 4 nitrogen and oxygen atoms in total. The summed E-state index contributed by atoms with van der Waals surface area (Å²) in [5.41, 5.74) is 2.17. The van der Waals surface area contributed by atoms with Crippen LogP contribution in [0.5, 0.6) is 0 Å². The van der Waals surface area contributed by atoms with Crippen LogP contribution < -0.4 is 5.32 Å². The second-order valence-electron chi connectivity index (χ2n) is 4.91. The second-order valence-corrected chi connectivity index (χ2v) is 5.85. The quantitative estimate of drug-likeness (QED) is 0.871. The van der Waals surface area contributed by atoms with Crippen LogP contribution in [0.25, 0.3) is 0 Å². The molecule has 0 saturated carbocycles. The lowest BCUT2D eigenvalue weighted by Gasteiger charge is -2.04. The van der Waals surface area contributed by atoms with E-state index in [1.54, 1.807) is 11.3 Å². The first kappa shape index (κ1) is 13.2. The summed E-state index contributed by atoms with van der Waals surface area (Å²) in [6.45, 7) is 9.06. The summed E-state index contributed by atoms with van der Waals surface area (Å²) in [6.07, 6.45) is 2.02. The normalized spacial score (nSPS) is 11.3. The molecule has 0 aliphatic rings. The van der Waals surface area contributed by atoms with Gasteiger partial charge in [0, 0.05) is 23.8 Å². The van der Waals surface area contributed by atoms with Gasteiger partial charge in [-0.2, -0.15) is 5.10 Å². The van der Waals surface area contributed by atoms with E-state index >= 15 is 0 Å². The SMILES string of the molecule is Cc1csc(Cn2ccc(CNCC(C)C)n2)n1. The van der Waals surface area contributed by atoms with Crippen LogP contribution in [-0.4, -0.2) is 21.3 Å². The highest BCUT2D eigenvalue weighted by molar-refractivity contribution is 7.09. The molecule has 2 aromatic rings. The number of thiazole rings is 1. The van der Waals surface area contributed by atoms with Gasteiger partial charge in [0.1, 0.15) is 5.01 Å². The topological polar surface area (TPSA) is 42.7 Å². The molecule has 0 amide bonds. The summed E-state index contributed by atoms with van der Waals surface area (Å²) in [4.78, 5) is 4.44. The Morgan fingerprint density at radius 2 is 2.28 bits per heavy atom. The molecule has 0 spiro atoms. The highest BCUT2D eigenvalue weighted by Crippen LogP contribution is 2.10. The first-order valence-corrected chi connectivity index (χ1v) is 7.15. The molecule has 0 radical (unpaired) electrons. The van der Waals surface area contributed by atoms with Crippen molar-refractivity contribution in [3.63, 3.8) is 0 Å². The molecule has 98 valence electrons. The Hall–Kier alpha value is -1.20. The summed E-state index contributed by atoms with van der Waals surface area (Å²) >= 11 is 1.69. The highest BCUT2D eigenvalue weighted by Gasteiger charge is 2.03. The maximum atomic E-state index is 4.53. The van der Waals surface area contributed by atoms with Crippen molar-refractivity contribution in [3.8, 4) is 0 Å². The third-order valence-corrected chi connectivity index (χ3v) is 3.47. The first-order valence-electron chi connectivity index (χ1n) is 6.27. The van der Waals surface area contributed by atoms with Crippen molar-refractivity contribution in [3.05, 3.63) is 34.0 Å². The van der Waals surface area contributed by atoms with Gasteiger partial charge in [-0.25, -0.2) is 4.98 Å². The predicted octanol–water partition coefficient (Wildman–Crippen LogP) is 2.44. The van der Waals surface area contributed by atoms with Crippen molar-refractivity contribution in [1.29, 1.82) is 0 Å². The zero-order chi connectivity index (χ0) is 13.0. The van der Waals surface area contributed by atoms with Crippen LogP contribution in [0.1, 0.15) is 30.2 Å². The Balaban J connectivity index is 1.86. The monoisotopic (exact) mass is 264 g/mol. The number of hydrogen-bond acceptors (Lipinski definition) is 4. The maximum Gasteiger partial charge on any atom is 0.114 e. The molecule has 2 rings (SSSR count). The molecule has 0 saturated heterocycles. The van der Waals surface area contributed by atoms with E-state index in [4.69, 9.17) is 0 Å². The van der Waals surface area contributed by atoms with Crippen molar-refractivity contribution in [2.75, 3.05) is 6.54 Å². The molecule has 0 atom stereocenters. The van der Waals surface area contributed by atoms with Gasteiger partial charge in [0.05, 0.1) is 12.2 Å². The Kier molecular flexibility index (Phi) is 4.49. The van der Waals surface area contributed by atoms with Gasteiger partial charge in [-0.1, -0.05) is 13.8 Å². The summed E-state index contributed by atoms with van der Waals surface area (Å²) in [6, 6.07) is 2.06. The fraction of sp³-hybridized carbons (Fsp3) is 0.538. The number of hydrogen-bond donors (Lipinski definition) is 1. The van der Waals surface area contributed by atoms with E-state index in [0.717, 1.165) is 36.0 Å². The average molecular weight is 264 g/mol. The van der Waals surface area contributed by atoms with Gasteiger partial charge >= 0.3 is 0 Å². The van der Waals surface area contributed by atoms with Gasteiger partial charge in [0.2, 0.25) is 0 Å². The molecule has 0 bridgehead atoms. The molecular formula is C13H20N4S. The van der Waals surface area contributed by atoms with Crippen LogP contribution in [0.2, 0.25) is 0 Å². The fourth-order valence-electron chi connectivity index (χ4n) is 1.69. The minimum Gasteiger partial charge on any atom is -0.311 e. The zero-order valence-corrected chi connectivity index (χ0v) is 12.0. The zero-order valence-electron chi connectivity index (χ0n) is 11.2. The third-order valence-electron chi connectivity index (χ3n) is 2.52. The molecule has 0 aromatic carbocycles. The van der Waals surface area contributed by atoms with Crippen molar-refractivity contribution in [2.45, 2.75) is 33.9 Å². The lowest BCUT2D eigenvalue weighted by atomic mass is 10.2. The standard InChI is InChI=1S/C13H20N4S/c1-10(2)6-14-7-12-4-5-17(16-12)8-13-15-11(3)9-18-13/h4-5,9-10,14H,6-8H2,1-3H3. The van der Waals surface area contributed by atoms with Crippen molar-refractivity contribution in [1.82, 2.24) is 20.1 Å². The predicted molar refractivity (Wildman–Crippen MR) is 74.7 cm³/mol. The lowest BCUT2D eigenvalue weighted by molar-refractivity contribution is 0.543. The second kappa shape index (κ2) is 6.11. The minimum atomic E-state index is 0.672. The number of rotatable bonds is 6. The first-order chi connectivity index (χ1) is 8.63. The summed E-state index contributed by atoms with van der Waals surface area (Å²) < 4.78 is 1.95. The third kappa shape index (κ3) is 3.92. The van der Waals surface area contributed by atoms with Crippen LogP contribution in [-0.2, 0) is 13.1 Å². The fourth-order valence-corrected chi connectivity index (χ4v) is 2.45. The average Bonchev–Trinajstić information content (AvgIpc) is 2.89. The van der Waals surface area contributed by atoms with Crippen LogP contribution in [0.3, 0.4) is 0 Å². The van der Waals surface area contributed by atoms with Gasteiger partial charge in [-0.05, 0) is 25.5 Å².